The number of hydrogen-bond donors (Lipinski definition) is 0. The van der Waals surface area contributed by atoms with Crippen LogP contribution in [-0.2, 0) is 0 Å². The molecule has 2 rings (SSSR count). The number of halogens is 3. The molecule has 0 aromatic heterocycles. The fraction of sp³-hybridized carbons (Fsp3) is 0.533. The highest BCUT2D eigenvalue weighted by Gasteiger charge is 2.26. The Morgan fingerprint density at radius 2 is 1.95 bits per heavy atom. The first-order valence-electron chi connectivity index (χ1n) is 6.95. The zero-order chi connectivity index (χ0) is 14.5. The molecule has 0 saturated heterocycles. The quantitative estimate of drug-likeness (QED) is 0.666. The lowest BCUT2D eigenvalue weighted by Crippen LogP contribution is -2.42. The van der Waals surface area contributed by atoms with Gasteiger partial charge < -0.3 is 4.90 Å². The molecule has 110 valence electrons. The molecule has 5 heteroatoms. The lowest BCUT2D eigenvalue weighted by atomic mass is 9.93. The summed E-state index contributed by atoms with van der Waals surface area (Å²) in [6, 6.07) is 5.63. The second-order valence-electron chi connectivity index (χ2n) is 5.14. The maximum atomic E-state index is 12.7. The molecule has 1 aromatic carbocycles. The molecule has 1 aliphatic rings. The van der Waals surface area contributed by atoms with Crippen molar-refractivity contribution in [1.29, 1.82) is 0 Å². The molecular weight excluding hydrogens is 361 g/mol. The molecule has 1 saturated carbocycles. The van der Waals surface area contributed by atoms with Gasteiger partial charge in [0.15, 0.2) is 0 Å². The molecule has 0 N–H and O–H groups in total. The SMILES string of the molecule is O=C(c1cc(Cl)cc(Br)c1)N(CCCl)C1CCCCC1. The van der Waals surface area contributed by atoms with Gasteiger partial charge in [0.2, 0.25) is 0 Å². The summed E-state index contributed by atoms with van der Waals surface area (Å²) in [7, 11) is 0. The van der Waals surface area contributed by atoms with Crippen LogP contribution < -0.4 is 0 Å². The minimum atomic E-state index is 0.0285. The third-order valence-electron chi connectivity index (χ3n) is 3.71. The first kappa shape index (κ1) is 16.1. The second kappa shape index (κ2) is 7.67. The minimum absolute atomic E-state index is 0.0285. The van der Waals surface area contributed by atoms with Gasteiger partial charge in [-0.05, 0) is 31.0 Å². The number of hydrogen-bond acceptors (Lipinski definition) is 1. The number of alkyl halides is 1. The van der Waals surface area contributed by atoms with Gasteiger partial charge in [-0.2, -0.15) is 0 Å². The summed E-state index contributed by atoms with van der Waals surface area (Å²) in [5.74, 6) is 0.491. The van der Waals surface area contributed by atoms with Crippen LogP contribution in [0.4, 0.5) is 0 Å². The molecule has 0 unspecified atom stereocenters. The van der Waals surface area contributed by atoms with Crippen molar-refractivity contribution in [1.82, 2.24) is 4.90 Å². The van der Waals surface area contributed by atoms with E-state index < -0.39 is 0 Å². The smallest absolute Gasteiger partial charge is 0.254 e. The Morgan fingerprint density at radius 3 is 2.55 bits per heavy atom. The lowest BCUT2D eigenvalue weighted by molar-refractivity contribution is 0.0649. The van der Waals surface area contributed by atoms with Crippen molar-refractivity contribution >= 4 is 45.0 Å². The summed E-state index contributed by atoms with van der Waals surface area (Å²) in [5.41, 5.74) is 0.625. The zero-order valence-corrected chi connectivity index (χ0v) is 14.3. The van der Waals surface area contributed by atoms with E-state index in [1.807, 2.05) is 11.0 Å². The monoisotopic (exact) mass is 377 g/mol. The van der Waals surface area contributed by atoms with Gasteiger partial charge in [0.25, 0.3) is 5.91 Å². The molecule has 1 aliphatic carbocycles. The Bertz CT molecular complexity index is 455. The van der Waals surface area contributed by atoms with Gasteiger partial charge in [-0.3, -0.25) is 4.79 Å². The predicted molar refractivity (Wildman–Crippen MR) is 87.8 cm³/mol. The average molecular weight is 379 g/mol. The Labute approximate surface area is 138 Å². The van der Waals surface area contributed by atoms with Crippen molar-refractivity contribution in [3.63, 3.8) is 0 Å². The molecular formula is C15H18BrCl2NO. The van der Waals surface area contributed by atoms with E-state index in [9.17, 15) is 4.79 Å². The van der Waals surface area contributed by atoms with Crippen LogP contribution in [0, 0.1) is 0 Å². The summed E-state index contributed by atoms with van der Waals surface area (Å²) < 4.78 is 0.822. The van der Waals surface area contributed by atoms with Crippen LogP contribution >= 0.6 is 39.1 Å². The van der Waals surface area contributed by atoms with E-state index >= 15 is 0 Å². The molecule has 1 aromatic rings. The van der Waals surface area contributed by atoms with Crippen LogP contribution in [0.15, 0.2) is 22.7 Å². The van der Waals surface area contributed by atoms with Crippen LogP contribution in [-0.4, -0.2) is 29.3 Å². The van der Waals surface area contributed by atoms with Gasteiger partial charge >= 0.3 is 0 Å². The molecule has 0 aliphatic heterocycles. The summed E-state index contributed by atoms with van der Waals surface area (Å²) in [6.45, 7) is 0.592. The largest absolute Gasteiger partial charge is 0.334 e. The van der Waals surface area contributed by atoms with Crippen LogP contribution in [0.2, 0.25) is 5.02 Å². The first-order valence-corrected chi connectivity index (χ1v) is 8.65. The lowest BCUT2D eigenvalue weighted by Gasteiger charge is -2.34. The van der Waals surface area contributed by atoms with Crippen molar-refractivity contribution in [3.8, 4) is 0 Å². The normalized spacial score (nSPS) is 16.1. The Morgan fingerprint density at radius 1 is 1.25 bits per heavy atom. The van der Waals surface area contributed by atoms with Crippen LogP contribution in [0.3, 0.4) is 0 Å². The standard InChI is InChI=1S/C15H18BrCl2NO/c16-12-8-11(9-13(18)10-12)15(20)19(7-6-17)14-4-2-1-3-5-14/h8-10,14H,1-7H2. The van der Waals surface area contributed by atoms with Crippen molar-refractivity contribution < 1.29 is 4.79 Å². The highest BCUT2D eigenvalue weighted by molar-refractivity contribution is 9.10. The Hall–Kier alpha value is -0.250. The Balaban J connectivity index is 2.20. The fourth-order valence-corrected chi connectivity index (χ4v) is 3.82. The molecule has 1 fully saturated rings. The number of rotatable bonds is 4. The maximum absolute atomic E-state index is 12.7. The summed E-state index contributed by atoms with van der Waals surface area (Å²) in [4.78, 5) is 14.6. The molecule has 2 nitrogen and oxygen atoms in total. The second-order valence-corrected chi connectivity index (χ2v) is 6.87. The third-order valence-corrected chi connectivity index (χ3v) is 4.56. The van der Waals surface area contributed by atoms with Crippen molar-refractivity contribution in [2.24, 2.45) is 0 Å². The molecule has 1 amide bonds. The molecule has 20 heavy (non-hydrogen) atoms. The van der Waals surface area contributed by atoms with Gasteiger partial charge in [0.05, 0.1) is 0 Å². The molecule has 0 heterocycles. The zero-order valence-electron chi connectivity index (χ0n) is 11.2. The van der Waals surface area contributed by atoms with Crippen LogP contribution in [0.25, 0.3) is 0 Å². The molecule has 0 spiro atoms. The highest BCUT2D eigenvalue weighted by Crippen LogP contribution is 2.26. The van der Waals surface area contributed by atoms with E-state index in [0.717, 1.165) is 17.3 Å². The fourth-order valence-electron chi connectivity index (χ4n) is 2.78. The number of carbonyl (C=O) groups excluding carboxylic acids is 1. The predicted octanol–water partition coefficient (Wildman–Crippen LogP) is 5.12. The van der Waals surface area contributed by atoms with Crippen LogP contribution in [0.1, 0.15) is 42.5 Å². The summed E-state index contributed by atoms with van der Waals surface area (Å²) >= 11 is 15.3. The van der Waals surface area contributed by atoms with E-state index in [0.29, 0.717) is 29.1 Å². The van der Waals surface area contributed by atoms with Crippen molar-refractivity contribution in [2.75, 3.05) is 12.4 Å². The number of benzene rings is 1. The number of carbonyl (C=O) groups is 1. The summed E-state index contributed by atoms with van der Waals surface area (Å²) in [6.07, 6.45) is 5.79. The van der Waals surface area contributed by atoms with E-state index in [1.54, 1.807) is 12.1 Å². The number of amides is 1. The summed E-state index contributed by atoms with van der Waals surface area (Å²) in [5, 5.41) is 0.567. The Kier molecular flexibility index (Phi) is 6.19. The maximum Gasteiger partial charge on any atom is 0.254 e. The van der Waals surface area contributed by atoms with Gasteiger partial charge in [-0.15, -0.1) is 11.6 Å². The molecule has 0 atom stereocenters. The van der Waals surface area contributed by atoms with E-state index in [2.05, 4.69) is 15.9 Å². The topological polar surface area (TPSA) is 20.3 Å². The van der Waals surface area contributed by atoms with Gasteiger partial charge in [0.1, 0.15) is 0 Å². The van der Waals surface area contributed by atoms with Crippen molar-refractivity contribution in [3.05, 3.63) is 33.3 Å². The van der Waals surface area contributed by atoms with E-state index in [4.69, 9.17) is 23.2 Å². The van der Waals surface area contributed by atoms with Crippen LogP contribution in [0.5, 0.6) is 0 Å². The van der Waals surface area contributed by atoms with E-state index in [1.165, 1.54) is 19.3 Å². The molecule has 0 bridgehead atoms. The number of nitrogens with zero attached hydrogens (tertiary/aromatic N) is 1. The van der Waals surface area contributed by atoms with Gasteiger partial charge in [-0.1, -0.05) is 46.8 Å². The van der Waals surface area contributed by atoms with Gasteiger partial charge in [-0.25, -0.2) is 0 Å². The first-order chi connectivity index (χ1) is 9.61. The molecule has 0 radical (unpaired) electrons. The van der Waals surface area contributed by atoms with E-state index in [-0.39, 0.29) is 5.91 Å². The highest BCUT2D eigenvalue weighted by atomic mass is 79.9. The average Bonchev–Trinajstić information content (AvgIpc) is 2.44. The van der Waals surface area contributed by atoms with Gasteiger partial charge in [0, 0.05) is 33.5 Å². The van der Waals surface area contributed by atoms with Crippen molar-refractivity contribution in [2.45, 2.75) is 38.1 Å². The third kappa shape index (κ3) is 4.12. The minimum Gasteiger partial charge on any atom is -0.334 e.